The zero-order valence-corrected chi connectivity index (χ0v) is 17.7. The minimum Gasteiger partial charge on any atom is -0.296 e. The van der Waals surface area contributed by atoms with Crippen LogP contribution < -0.4 is 5.32 Å². The molecule has 0 saturated carbocycles. The number of hydrogen-bond acceptors (Lipinski definition) is 6. The molecule has 0 aliphatic carbocycles. The number of benzene rings is 2. The third-order valence-corrected chi connectivity index (χ3v) is 6.96. The predicted molar refractivity (Wildman–Crippen MR) is 109 cm³/mol. The molecule has 0 saturated heterocycles. The van der Waals surface area contributed by atoms with E-state index >= 15 is 0 Å². The Hall–Kier alpha value is -1.81. The van der Waals surface area contributed by atoms with Crippen LogP contribution in [0.1, 0.15) is 15.4 Å². The minimum atomic E-state index is -3.45. The highest BCUT2D eigenvalue weighted by Crippen LogP contribution is 2.20. The molecule has 27 heavy (non-hydrogen) atoms. The Kier molecular flexibility index (Phi) is 6.25. The zero-order valence-electron chi connectivity index (χ0n) is 13.7. The van der Waals surface area contributed by atoms with Crippen LogP contribution in [0.15, 0.2) is 57.9 Å². The van der Waals surface area contributed by atoms with Gasteiger partial charge in [-0.3, -0.25) is 10.1 Å². The standard InChI is InChI=1S/C17H13BrClN3O3S2/c18-12-3-1-11(2-4-12)16(23)20-17-22-21-15(26-17)9-10-27(24,25)14-7-5-13(19)6-8-14/h1-8H,9-10H2,(H,20,22,23). The van der Waals surface area contributed by atoms with Gasteiger partial charge in [-0.1, -0.05) is 38.9 Å². The van der Waals surface area contributed by atoms with Crippen LogP contribution >= 0.6 is 38.9 Å². The number of carbonyl (C=O) groups is 1. The Morgan fingerprint density at radius 3 is 2.41 bits per heavy atom. The van der Waals surface area contributed by atoms with Crippen molar-refractivity contribution in [1.29, 1.82) is 0 Å². The van der Waals surface area contributed by atoms with Crippen molar-refractivity contribution in [2.45, 2.75) is 11.3 Å². The van der Waals surface area contributed by atoms with Gasteiger partial charge in [0, 0.05) is 21.5 Å². The number of nitrogens with one attached hydrogen (secondary N) is 1. The van der Waals surface area contributed by atoms with Crippen LogP contribution in [0.2, 0.25) is 5.02 Å². The highest BCUT2D eigenvalue weighted by molar-refractivity contribution is 9.10. The average molecular weight is 487 g/mol. The molecule has 0 fully saturated rings. The maximum absolute atomic E-state index is 12.4. The van der Waals surface area contributed by atoms with E-state index < -0.39 is 9.84 Å². The first-order valence-electron chi connectivity index (χ1n) is 7.71. The maximum Gasteiger partial charge on any atom is 0.257 e. The molecule has 0 aliphatic heterocycles. The lowest BCUT2D eigenvalue weighted by Crippen LogP contribution is -2.11. The van der Waals surface area contributed by atoms with Gasteiger partial charge in [0.25, 0.3) is 5.91 Å². The third kappa shape index (κ3) is 5.35. The van der Waals surface area contributed by atoms with Gasteiger partial charge in [-0.15, -0.1) is 10.2 Å². The molecule has 0 aliphatic rings. The summed E-state index contributed by atoms with van der Waals surface area (Å²) in [6.07, 6.45) is 0.205. The normalized spacial score (nSPS) is 11.3. The molecule has 0 radical (unpaired) electrons. The molecular formula is C17H13BrClN3O3S2. The lowest BCUT2D eigenvalue weighted by Gasteiger charge is -2.03. The van der Waals surface area contributed by atoms with E-state index in [0.717, 1.165) is 15.8 Å². The largest absolute Gasteiger partial charge is 0.296 e. The summed E-state index contributed by atoms with van der Waals surface area (Å²) in [5.74, 6) is -0.414. The van der Waals surface area contributed by atoms with Crippen molar-refractivity contribution < 1.29 is 13.2 Å². The van der Waals surface area contributed by atoms with Crippen molar-refractivity contribution in [3.8, 4) is 0 Å². The summed E-state index contributed by atoms with van der Waals surface area (Å²) in [6, 6.07) is 12.9. The van der Waals surface area contributed by atoms with Crippen LogP contribution in [-0.4, -0.2) is 30.3 Å². The number of sulfone groups is 1. The van der Waals surface area contributed by atoms with Gasteiger partial charge in [0.2, 0.25) is 5.13 Å². The molecule has 6 nitrogen and oxygen atoms in total. The van der Waals surface area contributed by atoms with Crippen molar-refractivity contribution in [3.63, 3.8) is 0 Å². The lowest BCUT2D eigenvalue weighted by atomic mass is 10.2. The topological polar surface area (TPSA) is 89.0 Å². The third-order valence-electron chi connectivity index (χ3n) is 3.55. The Bertz CT molecular complexity index is 1050. The van der Waals surface area contributed by atoms with Crippen LogP contribution in [-0.2, 0) is 16.3 Å². The SMILES string of the molecule is O=C(Nc1nnc(CCS(=O)(=O)c2ccc(Cl)cc2)s1)c1ccc(Br)cc1. The minimum absolute atomic E-state index is 0.107. The molecule has 1 aromatic heterocycles. The van der Waals surface area contributed by atoms with Crippen LogP contribution in [0.3, 0.4) is 0 Å². The number of hydrogen-bond donors (Lipinski definition) is 1. The summed E-state index contributed by atoms with van der Waals surface area (Å²) in [7, 11) is -3.45. The molecule has 140 valence electrons. The van der Waals surface area contributed by atoms with Gasteiger partial charge in [-0.05, 0) is 48.5 Å². The summed E-state index contributed by atoms with van der Waals surface area (Å²) < 4.78 is 25.6. The molecule has 3 rings (SSSR count). The van der Waals surface area contributed by atoms with Crippen molar-refractivity contribution in [2.75, 3.05) is 11.1 Å². The maximum atomic E-state index is 12.4. The van der Waals surface area contributed by atoms with E-state index in [9.17, 15) is 13.2 Å². The van der Waals surface area contributed by atoms with Crippen LogP contribution in [0.5, 0.6) is 0 Å². The van der Waals surface area contributed by atoms with Gasteiger partial charge < -0.3 is 0 Å². The summed E-state index contributed by atoms with van der Waals surface area (Å²) in [5.41, 5.74) is 0.486. The Morgan fingerprint density at radius 1 is 1.07 bits per heavy atom. The Morgan fingerprint density at radius 2 is 1.74 bits per heavy atom. The van der Waals surface area contributed by atoms with E-state index in [0.29, 0.717) is 20.7 Å². The fourth-order valence-electron chi connectivity index (χ4n) is 2.16. The molecule has 3 aromatic rings. The first-order valence-corrected chi connectivity index (χ1v) is 11.3. The number of amides is 1. The highest BCUT2D eigenvalue weighted by atomic mass is 79.9. The summed E-state index contributed by atoms with van der Waals surface area (Å²) in [6.45, 7) is 0. The molecule has 1 N–H and O–H groups in total. The van der Waals surface area contributed by atoms with Crippen LogP contribution in [0.25, 0.3) is 0 Å². The number of halogens is 2. The first-order chi connectivity index (χ1) is 12.8. The second-order valence-electron chi connectivity index (χ2n) is 5.48. The molecular weight excluding hydrogens is 474 g/mol. The van der Waals surface area contributed by atoms with Gasteiger partial charge in [0.1, 0.15) is 5.01 Å². The summed E-state index contributed by atoms with van der Waals surface area (Å²) in [4.78, 5) is 12.4. The molecule has 0 spiro atoms. The molecule has 2 aromatic carbocycles. The number of nitrogens with zero attached hydrogens (tertiary/aromatic N) is 2. The number of aryl methyl sites for hydroxylation is 1. The molecule has 10 heteroatoms. The molecule has 0 atom stereocenters. The fourth-order valence-corrected chi connectivity index (χ4v) is 4.66. The number of carbonyl (C=O) groups excluding carboxylic acids is 1. The van der Waals surface area contributed by atoms with Gasteiger partial charge in [0.05, 0.1) is 10.6 Å². The first kappa shape index (κ1) is 19.9. The van der Waals surface area contributed by atoms with Crippen molar-refractivity contribution in [1.82, 2.24) is 10.2 Å². The van der Waals surface area contributed by atoms with Crippen LogP contribution in [0.4, 0.5) is 5.13 Å². The Labute approximate surface area is 173 Å². The van der Waals surface area contributed by atoms with Gasteiger partial charge >= 0.3 is 0 Å². The summed E-state index contributed by atoms with van der Waals surface area (Å²) in [5, 5.41) is 11.8. The van der Waals surface area contributed by atoms with Crippen molar-refractivity contribution in [2.24, 2.45) is 0 Å². The predicted octanol–water partition coefficient (Wildman–Crippen LogP) is 4.22. The molecule has 0 bridgehead atoms. The second-order valence-corrected chi connectivity index (χ2v) is 10.0. The van der Waals surface area contributed by atoms with E-state index in [1.807, 2.05) is 0 Å². The van der Waals surface area contributed by atoms with E-state index in [1.54, 1.807) is 24.3 Å². The quantitative estimate of drug-likeness (QED) is 0.563. The van der Waals surface area contributed by atoms with E-state index in [-0.39, 0.29) is 23.0 Å². The van der Waals surface area contributed by atoms with E-state index in [2.05, 4.69) is 31.4 Å². The monoisotopic (exact) mass is 485 g/mol. The molecule has 0 unspecified atom stereocenters. The number of anilines is 1. The average Bonchev–Trinajstić information content (AvgIpc) is 3.08. The second kappa shape index (κ2) is 8.47. The van der Waals surface area contributed by atoms with Gasteiger partial charge in [-0.2, -0.15) is 0 Å². The highest BCUT2D eigenvalue weighted by Gasteiger charge is 2.17. The van der Waals surface area contributed by atoms with Gasteiger partial charge in [-0.25, -0.2) is 8.42 Å². The number of aromatic nitrogens is 2. The van der Waals surface area contributed by atoms with Crippen molar-refractivity contribution in [3.05, 3.63) is 68.6 Å². The molecule has 1 heterocycles. The Balaban J connectivity index is 1.61. The molecule has 1 amide bonds. The zero-order chi connectivity index (χ0) is 19.4. The fraction of sp³-hybridized carbons (Fsp3) is 0.118. The summed E-state index contributed by atoms with van der Waals surface area (Å²) >= 11 is 10.2. The van der Waals surface area contributed by atoms with E-state index in [1.165, 1.54) is 24.3 Å². The van der Waals surface area contributed by atoms with Crippen LogP contribution in [0, 0.1) is 0 Å². The smallest absolute Gasteiger partial charge is 0.257 e. The van der Waals surface area contributed by atoms with Gasteiger partial charge in [0.15, 0.2) is 9.84 Å². The van der Waals surface area contributed by atoms with Crippen molar-refractivity contribution >= 4 is 59.7 Å². The van der Waals surface area contributed by atoms with E-state index in [4.69, 9.17) is 11.6 Å². The number of rotatable bonds is 6. The lowest BCUT2D eigenvalue weighted by molar-refractivity contribution is 0.102.